The van der Waals surface area contributed by atoms with Crippen LogP contribution in [0.5, 0.6) is 0 Å². The first-order valence-corrected chi connectivity index (χ1v) is 13.0. The Morgan fingerprint density at radius 3 is 2.49 bits per heavy atom. The molecule has 0 spiro atoms. The van der Waals surface area contributed by atoms with Crippen LogP contribution >= 0.6 is 0 Å². The fraction of sp³-hybridized carbons (Fsp3) is 0.500. The average Bonchev–Trinajstić information content (AvgIpc) is 2.92. The van der Waals surface area contributed by atoms with Crippen molar-refractivity contribution in [2.24, 2.45) is 7.05 Å². The van der Waals surface area contributed by atoms with Crippen molar-refractivity contribution in [3.63, 3.8) is 0 Å². The molecule has 0 aliphatic carbocycles. The Bertz CT molecular complexity index is 1360. The molecule has 1 unspecified atom stereocenters. The van der Waals surface area contributed by atoms with Crippen molar-refractivity contribution in [2.75, 3.05) is 44.3 Å². The third kappa shape index (κ3) is 5.10. The van der Waals surface area contributed by atoms with Crippen molar-refractivity contribution < 1.29 is 4.74 Å². The number of benzene rings is 1. The van der Waals surface area contributed by atoms with Gasteiger partial charge in [-0.3, -0.25) is 14.4 Å². The van der Waals surface area contributed by atoms with Crippen LogP contribution in [0.25, 0.3) is 11.0 Å². The third-order valence-corrected chi connectivity index (χ3v) is 7.83. The van der Waals surface area contributed by atoms with Gasteiger partial charge in [0.15, 0.2) is 5.82 Å². The van der Waals surface area contributed by atoms with E-state index in [1.165, 1.54) is 15.7 Å². The first-order valence-electron chi connectivity index (χ1n) is 13.0. The van der Waals surface area contributed by atoms with Crippen LogP contribution in [0.1, 0.15) is 43.6 Å². The number of aromatic nitrogens is 3. The number of hydrogen-bond acceptors (Lipinski definition) is 8. The number of aryl methyl sites for hydroxylation is 1. The molecule has 1 aromatic carbocycles. The van der Waals surface area contributed by atoms with Gasteiger partial charge in [0, 0.05) is 57.9 Å². The Balaban J connectivity index is 1.34. The highest BCUT2D eigenvalue weighted by molar-refractivity contribution is 5.86. The molecule has 2 aromatic heterocycles. The quantitative estimate of drug-likeness (QED) is 0.527. The van der Waals surface area contributed by atoms with Gasteiger partial charge in [-0.2, -0.15) is 10.2 Å². The molecule has 4 heterocycles. The number of rotatable bonds is 5. The van der Waals surface area contributed by atoms with Gasteiger partial charge in [-0.05, 0) is 44.0 Å². The molecule has 0 amide bonds. The van der Waals surface area contributed by atoms with Crippen molar-refractivity contribution in [1.82, 2.24) is 24.3 Å². The summed E-state index contributed by atoms with van der Waals surface area (Å²) in [6.07, 6.45) is 0. The van der Waals surface area contributed by atoms with Gasteiger partial charge in [-0.15, -0.1) is 0 Å². The van der Waals surface area contributed by atoms with Gasteiger partial charge in [-0.25, -0.2) is 9.78 Å². The number of nitriles is 1. The zero-order valence-corrected chi connectivity index (χ0v) is 22.1. The lowest BCUT2D eigenvalue weighted by Crippen LogP contribution is -2.57. The highest BCUT2D eigenvalue weighted by Crippen LogP contribution is 2.31. The first kappa shape index (κ1) is 25.3. The Labute approximate surface area is 217 Å². The summed E-state index contributed by atoms with van der Waals surface area (Å²) in [6, 6.07) is 15.2. The molecule has 2 aliphatic rings. The molecule has 2 saturated heterocycles. The Hall–Kier alpha value is -3.32. The van der Waals surface area contributed by atoms with Gasteiger partial charge < -0.3 is 9.64 Å². The van der Waals surface area contributed by atoms with Gasteiger partial charge in [0.05, 0.1) is 18.7 Å². The molecule has 5 rings (SSSR count). The molecule has 3 aromatic rings. The van der Waals surface area contributed by atoms with Crippen LogP contribution in [0.3, 0.4) is 0 Å². The monoisotopic (exact) mass is 501 g/mol. The summed E-state index contributed by atoms with van der Waals surface area (Å²) in [5, 5.41) is 9.39. The number of fused-ring (bicyclic) bond motifs is 1. The van der Waals surface area contributed by atoms with E-state index < -0.39 is 0 Å². The molecule has 0 saturated carbocycles. The van der Waals surface area contributed by atoms with Gasteiger partial charge in [0.1, 0.15) is 17.3 Å². The summed E-state index contributed by atoms with van der Waals surface area (Å²) < 4.78 is 6.95. The van der Waals surface area contributed by atoms with Crippen LogP contribution in [-0.4, -0.2) is 75.8 Å². The predicted molar refractivity (Wildman–Crippen MR) is 143 cm³/mol. The van der Waals surface area contributed by atoms with E-state index in [2.05, 4.69) is 75.8 Å². The van der Waals surface area contributed by atoms with Crippen LogP contribution in [-0.2, 0) is 18.3 Å². The molecule has 194 valence electrons. The van der Waals surface area contributed by atoms with E-state index >= 15 is 0 Å². The summed E-state index contributed by atoms with van der Waals surface area (Å²) in [5.74, 6) is 0.564. The van der Waals surface area contributed by atoms with Crippen molar-refractivity contribution in [3.8, 4) is 6.07 Å². The molecule has 9 heteroatoms. The van der Waals surface area contributed by atoms with Gasteiger partial charge in [0.2, 0.25) is 0 Å². The van der Waals surface area contributed by atoms with E-state index in [0.717, 1.165) is 39.4 Å². The van der Waals surface area contributed by atoms with Gasteiger partial charge in [-0.1, -0.05) is 24.3 Å². The van der Waals surface area contributed by atoms with Crippen molar-refractivity contribution in [2.45, 2.75) is 45.4 Å². The number of hydrogen-bond donors (Lipinski definition) is 0. The van der Waals surface area contributed by atoms with E-state index in [0.29, 0.717) is 29.1 Å². The fourth-order valence-corrected chi connectivity index (χ4v) is 5.57. The average molecular weight is 502 g/mol. The normalized spacial score (nSPS) is 22.2. The molecule has 0 bridgehead atoms. The maximum atomic E-state index is 12.7. The lowest BCUT2D eigenvalue weighted by molar-refractivity contribution is 0.0342. The molecule has 37 heavy (non-hydrogen) atoms. The number of pyridine rings is 1. The molecule has 9 nitrogen and oxygen atoms in total. The van der Waals surface area contributed by atoms with E-state index in [-0.39, 0.29) is 23.8 Å². The highest BCUT2D eigenvalue weighted by Gasteiger charge is 2.34. The van der Waals surface area contributed by atoms with Crippen molar-refractivity contribution in [1.29, 1.82) is 5.26 Å². The number of nitrogens with zero attached hydrogens (tertiary/aromatic N) is 7. The van der Waals surface area contributed by atoms with Crippen LogP contribution in [0, 0.1) is 11.3 Å². The fourth-order valence-electron chi connectivity index (χ4n) is 5.57. The summed E-state index contributed by atoms with van der Waals surface area (Å²) in [7, 11) is 1.69. The van der Waals surface area contributed by atoms with Crippen LogP contribution in [0.15, 0.2) is 41.2 Å². The second kappa shape index (κ2) is 10.6. The number of piperazine rings is 1. The molecule has 0 N–H and O–H groups in total. The maximum Gasteiger partial charge on any atom is 0.349 e. The molecule has 3 atom stereocenters. The summed E-state index contributed by atoms with van der Waals surface area (Å²) in [4.78, 5) is 28.7. The first-order chi connectivity index (χ1) is 17.9. The van der Waals surface area contributed by atoms with E-state index in [1.807, 2.05) is 0 Å². The van der Waals surface area contributed by atoms with Gasteiger partial charge >= 0.3 is 5.69 Å². The number of morpholine rings is 1. The number of ether oxygens (including phenoxy) is 1. The molecule has 2 aliphatic heterocycles. The second-order valence-corrected chi connectivity index (χ2v) is 10.3. The minimum Gasteiger partial charge on any atom is -0.379 e. The molecule has 2 fully saturated rings. The maximum absolute atomic E-state index is 12.7. The molecular formula is C28H35N7O2. The van der Waals surface area contributed by atoms with Crippen LogP contribution < -0.4 is 10.6 Å². The smallest absolute Gasteiger partial charge is 0.349 e. The van der Waals surface area contributed by atoms with Gasteiger partial charge in [0.25, 0.3) is 0 Å². The van der Waals surface area contributed by atoms with E-state index in [1.54, 1.807) is 19.2 Å². The third-order valence-electron chi connectivity index (χ3n) is 7.83. The second-order valence-electron chi connectivity index (χ2n) is 10.3. The highest BCUT2D eigenvalue weighted by atomic mass is 16.5. The lowest BCUT2D eigenvalue weighted by Gasteiger charge is -2.47. The zero-order chi connectivity index (χ0) is 26.1. The Kier molecular flexibility index (Phi) is 7.24. The molecule has 0 radical (unpaired) electrons. The van der Waals surface area contributed by atoms with Crippen LogP contribution in [0.2, 0.25) is 0 Å². The summed E-state index contributed by atoms with van der Waals surface area (Å²) in [5.41, 5.74) is 3.91. The minimum atomic E-state index is -0.318. The summed E-state index contributed by atoms with van der Waals surface area (Å²) >= 11 is 0. The van der Waals surface area contributed by atoms with E-state index in [4.69, 9.17) is 4.74 Å². The zero-order valence-electron chi connectivity index (χ0n) is 22.1. The largest absolute Gasteiger partial charge is 0.379 e. The Morgan fingerprint density at radius 1 is 1.05 bits per heavy atom. The predicted octanol–water partition coefficient (Wildman–Crippen LogP) is 2.69. The van der Waals surface area contributed by atoms with Crippen molar-refractivity contribution >= 4 is 16.9 Å². The van der Waals surface area contributed by atoms with E-state index in [9.17, 15) is 10.1 Å². The standard InChI is InChI=1S/C28H35N7O2/c1-19-17-35(27-26-25(32(4)28(36)31-27)10-9-24(15-29)30-26)20(2)16-34(19)21(3)23-7-5-22(6-8-23)18-33-11-13-37-14-12-33/h5-10,19-21H,11-14,16-18H2,1-4H3/t19-,20+,21?/m1/s1. The SMILES string of the molecule is CC(c1ccc(CN2CCOCC2)cc1)N1C[C@H](C)N(c2nc(=O)n(C)c3ccc(C#N)nc23)C[C@H]1C. The van der Waals surface area contributed by atoms with Crippen molar-refractivity contribution in [3.05, 3.63) is 63.7 Å². The minimum absolute atomic E-state index is 0.120. The lowest BCUT2D eigenvalue weighted by atomic mass is 9.99. The molecular weight excluding hydrogens is 466 g/mol. The Morgan fingerprint density at radius 2 is 1.78 bits per heavy atom. The summed E-state index contributed by atoms with van der Waals surface area (Å²) in [6.45, 7) is 12.8. The van der Waals surface area contributed by atoms with Crippen LogP contribution in [0.4, 0.5) is 5.82 Å². The topological polar surface area (TPSA) is 90.5 Å². The number of anilines is 1.